The highest BCUT2D eigenvalue weighted by Crippen LogP contribution is 2.33. The summed E-state index contributed by atoms with van der Waals surface area (Å²) in [5.74, 6) is 0.960. The third-order valence-corrected chi connectivity index (χ3v) is 7.85. The van der Waals surface area contributed by atoms with E-state index >= 15 is 0 Å². The van der Waals surface area contributed by atoms with Crippen molar-refractivity contribution in [1.82, 2.24) is 19.4 Å². The number of hydrogen-bond donors (Lipinski definition) is 0. The number of thioether (sulfide) groups is 1. The van der Waals surface area contributed by atoms with E-state index in [1.165, 1.54) is 4.70 Å². The standard InChI is InChI=1S/C23H24N4OS2/c1-2-27-19-11-5-3-9-17(19)25-23(27)29-15-21(28)26-13-7-8-16(14-26)22-24-18-10-4-6-12-20(18)30-22/h3-6,9-12,16H,2,7-8,13-15H2,1H3/t16-/m0/s1. The van der Waals surface area contributed by atoms with Gasteiger partial charge in [-0.1, -0.05) is 36.0 Å². The molecule has 2 aromatic heterocycles. The summed E-state index contributed by atoms with van der Waals surface area (Å²) in [6.45, 7) is 4.57. The van der Waals surface area contributed by atoms with Gasteiger partial charge in [-0.25, -0.2) is 9.97 Å². The fraction of sp³-hybridized carbons (Fsp3) is 0.348. The number of benzene rings is 2. The zero-order valence-electron chi connectivity index (χ0n) is 17.0. The predicted octanol–water partition coefficient (Wildman–Crippen LogP) is 5.16. The Bertz CT molecular complexity index is 1170. The second-order valence-corrected chi connectivity index (χ2v) is 9.62. The SMILES string of the molecule is CCn1c(SCC(=O)N2CCC[C@H](c3nc4ccccc4s3)C2)nc2ccccc21. The summed E-state index contributed by atoms with van der Waals surface area (Å²) < 4.78 is 3.41. The Labute approximate surface area is 184 Å². The smallest absolute Gasteiger partial charge is 0.233 e. The van der Waals surface area contributed by atoms with Crippen LogP contribution in [-0.4, -0.2) is 44.2 Å². The number of nitrogens with zero attached hydrogens (tertiary/aromatic N) is 4. The first-order valence-corrected chi connectivity index (χ1v) is 12.2. The number of carbonyl (C=O) groups excluding carboxylic acids is 1. The molecule has 5 nitrogen and oxygen atoms in total. The van der Waals surface area contributed by atoms with Crippen molar-refractivity contribution < 1.29 is 4.79 Å². The number of aromatic nitrogens is 3. The number of aryl methyl sites for hydroxylation is 1. The van der Waals surface area contributed by atoms with Gasteiger partial charge in [0, 0.05) is 25.6 Å². The molecule has 0 bridgehead atoms. The highest BCUT2D eigenvalue weighted by atomic mass is 32.2. The molecule has 0 unspecified atom stereocenters. The summed E-state index contributed by atoms with van der Waals surface area (Å²) in [4.78, 5) is 24.6. The summed E-state index contributed by atoms with van der Waals surface area (Å²) in [6.07, 6.45) is 2.13. The van der Waals surface area contributed by atoms with Gasteiger partial charge in [0.15, 0.2) is 5.16 Å². The lowest BCUT2D eigenvalue weighted by atomic mass is 9.99. The van der Waals surface area contributed by atoms with Crippen molar-refractivity contribution in [2.75, 3.05) is 18.8 Å². The Kier molecular flexibility index (Phi) is 5.48. The minimum atomic E-state index is 0.195. The third kappa shape index (κ3) is 3.72. The lowest BCUT2D eigenvalue weighted by Gasteiger charge is -2.31. The zero-order valence-corrected chi connectivity index (χ0v) is 18.6. The molecule has 0 spiro atoms. The van der Waals surface area contributed by atoms with Crippen molar-refractivity contribution in [3.63, 3.8) is 0 Å². The molecule has 4 aromatic rings. The van der Waals surface area contributed by atoms with E-state index in [4.69, 9.17) is 9.97 Å². The summed E-state index contributed by atoms with van der Waals surface area (Å²) in [6, 6.07) is 16.4. The van der Waals surface area contributed by atoms with Gasteiger partial charge in [0.2, 0.25) is 5.91 Å². The quantitative estimate of drug-likeness (QED) is 0.405. The van der Waals surface area contributed by atoms with Gasteiger partial charge in [-0.2, -0.15) is 0 Å². The molecule has 1 aliphatic rings. The first kappa shape index (κ1) is 19.6. The Balaban J connectivity index is 1.27. The molecule has 30 heavy (non-hydrogen) atoms. The van der Waals surface area contributed by atoms with Gasteiger partial charge in [-0.05, 0) is 44.0 Å². The van der Waals surface area contributed by atoms with E-state index < -0.39 is 0 Å². The van der Waals surface area contributed by atoms with Crippen molar-refractivity contribution in [3.8, 4) is 0 Å². The number of thiazole rings is 1. The van der Waals surface area contributed by atoms with Gasteiger partial charge in [-0.15, -0.1) is 11.3 Å². The molecule has 3 heterocycles. The van der Waals surface area contributed by atoms with Crippen LogP contribution in [0.2, 0.25) is 0 Å². The number of carbonyl (C=O) groups is 1. The molecule has 1 saturated heterocycles. The number of fused-ring (bicyclic) bond motifs is 2. The van der Waals surface area contributed by atoms with Gasteiger partial charge >= 0.3 is 0 Å². The van der Waals surface area contributed by atoms with Crippen LogP contribution in [0.25, 0.3) is 21.3 Å². The zero-order chi connectivity index (χ0) is 20.5. The van der Waals surface area contributed by atoms with Gasteiger partial charge in [0.05, 0.1) is 32.0 Å². The molecule has 154 valence electrons. The van der Waals surface area contributed by atoms with E-state index in [1.807, 2.05) is 29.2 Å². The maximum Gasteiger partial charge on any atom is 0.233 e. The first-order chi connectivity index (χ1) is 14.7. The molecule has 7 heteroatoms. The van der Waals surface area contributed by atoms with E-state index in [0.717, 1.165) is 59.2 Å². The number of rotatable bonds is 5. The number of para-hydroxylation sites is 3. The van der Waals surface area contributed by atoms with Crippen LogP contribution >= 0.6 is 23.1 Å². The second-order valence-electron chi connectivity index (χ2n) is 7.61. The minimum Gasteiger partial charge on any atom is -0.341 e. The highest BCUT2D eigenvalue weighted by Gasteiger charge is 2.27. The van der Waals surface area contributed by atoms with Crippen molar-refractivity contribution in [2.24, 2.45) is 0 Å². The number of likely N-dealkylation sites (tertiary alicyclic amines) is 1. The lowest BCUT2D eigenvalue weighted by molar-refractivity contribution is -0.129. The Morgan fingerprint density at radius 3 is 2.77 bits per heavy atom. The fourth-order valence-electron chi connectivity index (χ4n) is 4.16. The van der Waals surface area contributed by atoms with Crippen LogP contribution in [0.15, 0.2) is 53.7 Å². The Morgan fingerprint density at radius 1 is 1.13 bits per heavy atom. The molecule has 5 rings (SSSR count). The van der Waals surface area contributed by atoms with Gasteiger partial charge < -0.3 is 9.47 Å². The van der Waals surface area contributed by atoms with Gasteiger partial charge in [0.25, 0.3) is 0 Å². The summed E-state index contributed by atoms with van der Waals surface area (Å²) >= 11 is 3.32. The summed E-state index contributed by atoms with van der Waals surface area (Å²) in [7, 11) is 0. The van der Waals surface area contributed by atoms with Crippen molar-refractivity contribution in [3.05, 3.63) is 53.5 Å². The maximum absolute atomic E-state index is 13.0. The number of imidazole rings is 1. The van der Waals surface area contributed by atoms with Crippen molar-refractivity contribution in [1.29, 1.82) is 0 Å². The Hall–Kier alpha value is -2.38. The first-order valence-electron chi connectivity index (χ1n) is 10.4. The molecule has 2 aromatic carbocycles. The topological polar surface area (TPSA) is 51.0 Å². The summed E-state index contributed by atoms with van der Waals surface area (Å²) in [5, 5.41) is 2.08. The third-order valence-electron chi connectivity index (χ3n) is 5.69. The van der Waals surface area contributed by atoms with E-state index in [2.05, 4.69) is 35.8 Å². The van der Waals surface area contributed by atoms with Crippen LogP contribution in [-0.2, 0) is 11.3 Å². The Morgan fingerprint density at radius 2 is 1.93 bits per heavy atom. The average molecular weight is 437 g/mol. The van der Waals surface area contributed by atoms with E-state index in [-0.39, 0.29) is 5.91 Å². The van der Waals surface area contributed by atoms with Crippen molar-refractivity contribution in [2.45, 2.75) is 37.4 Å². The van der Waals surface area contributed by atoms with Crippen LogP contribution in [0.4, 0.5) is 0 Å². The molecule has 0 N–H and O–H groups in total. The number of amides is 1. The molecule has 0 aliphatic carbocycles. The monoisotopic (exact) mass is 436 g/mol. The molecular formula is C23H24N4OS2. The van der Waals surface area contributed by atoms with Crippen LogP contribution in [0, 0.1) is 0 Å². The summed E-state index contributed by atoms with van der Waals surface area (Å²) in [5.41, 5.74) is 3.18. The molecule has 1 fully saturated rings. The molecule has 1 amide bonds. The predicted molar refractivity (Wildman–Crippen MR) is 124 cm³/mol. The normalized spacial score (nSPS) is 17.1. The van der Waals surface area contributed by atoms with Gasteiger partial charge in [0.1, 0.15) is 0 Å². The molecule has 0 radical (unpaired) electrons. The molecule has 1 atom stereocenters. The van der Waals surface area contributed by atoms with Crippen LogP contribution in [0.5, 0.6) is 0 Å². The lowest BCUT2D eigenvalue weighted by Crippen LogP contribution is -2.40. The number of piperidine rings is 1. The highest BCUT2D eigenvalue weighted by molar-refractivity contribution is 7.99. The molecule has 0 saturated carbocycles. The van der Waals surface area contributed by atoms with Crippen molar-refractivity contribution >= 4 is 50.3 Å². The maximum atomic E-state index is 13.0. The van der Waals surface area contributed by atoms with Crippen LogP contribution in [0.3, 0.4) is 0 Å². The fourth-order valence-corrected chi connectivity index (χ4v) is 6.23. The molecular weight excluding hydrogens is 412 g/mol. The van der Waals surface area contributed by atoms with Crippen LogP contribution in [0.1, 0.15) is 30.7 Å². The van der Waals surface area contributed by atoms with Gasteiger partial charge in [-0.3, -0.25) is 4.79 Å². The van der Waals surface area contributed by atoms with E-state index in [0.29, 0.717) is 11.7 Å². The largest absolute Gasteiger partial charge is 0.341 e. The van der Waals surface area contributed by atoms with Crippen LogP contribution < -0.4 is 0 Å². The second kappa shape index (κ2) is 8.40. The average Bonchev–Trinajstić information content (AvgIpc) is 3.38. The molecule has 1 aliphatic heterocycles. The number of hydrogen-bond acceptors (Lipinski definition) is 5. The minimum absolute atomic E-state index is 0.195. The van der Waals surface area contributed by atoms with E-state index in [9.17, 15) is 4.79 Å². The van der Waals surface area contributed by atoms with E-state index in [1.54, 1.807) is 23.1 Å².